The Labute approximate surface area is 149 Å². The number of anilines is 1. The van der Waals surface area contributed by atoms with E-state index in [2.05, 4.69) is 5.32 Å². The molecule has 10 heteroatoms. The lowest BCUT2D eigenvalue weighted by atomic mass is 9.83. The highest BCUT2D eigenvalue weighted by Crippen LogP contribution is 2.25. The first kappa shape index (κ1) is 18.3. The highest BCUT2D eigenvalue weighted by Gasteiger charge is 2.37. The maximum Gasteiger partial charge on any atom is 0.376 e. The van der Waals surface area contributed by atoms with Crippen LogP contribution >= 0.6 is 0 Å². The number of fused-ring (bicyclic) bond motifs is 1. The highest BCUT2D eigenvalue weighted by atomic mass is 19.1. The minimum atomic E-state index is -0.805. The second-order valence-corrected chi connectivity index (χ2v) is 6.26. The molecule has 3 rings (SSSR count). The number of nitrogens with one attached hydrogen (secondary N) is 2. The van der Waals surface area contributed by atoms with Gasteiger partial charge in [-0.3, -0.25) is 4.79 Å². The van der Waals surface area contributed by atoms with E-state index in [-0.39, 0.29) is 24.1 Å². The Bertz CT molecular complexity index is 739. The standard InChI is InChI=1S/C16H19BF2N4O3/c1-17(25)22-2-3-23-13(8-22)9-26-15(14(23)7-20)16(24)21-12-5-10(18)4-11(19)6-12/h4-7,13,20,25H,2-3,8-9H2,1H3,(H,21,24). The van der Waals surface area contributed by atoms with Gasteiger partial charge in [-0.25, -0.2) is 8.78 Å². The maximum absolute atomic E-state index is 13.3. The van der Waals surface area contributed by atoms with E-state index in [0.717, 1.165) is 18.3 Å². The van der Waals surface area contributed by atoms with Gasteiger partial charge in [0, 0.05) is 37.6 Å². The lowest BCUT2D eigenvalue weighted by molar-refractivity contribution is -0.117. The first-order valence-corrected chi connectivity index (χ1v) is 8.23. The zero-order valence-electron chi connectivity index (χ0n) is 14.2. The number of hydrogen-bond acceptors (Lipinski definition) is 6. The minimum Gasteiger partial charge on any atom is -0.484 e. The predicted octanol–water partition coefficient (Wildman–Crippen LogP) is 0.891. The van der Waals surface area contributed by atoms with Crippen molar-refractivity contribution in [2.75, 3.05) is 31.6 Å². The largest absolute Gasteiger partial charge is 0.484 e. The third-order valence-electron chi connectivity index (χ3n) is 4.47. The number of halogens is 2. The van der Waals surface area contributed by atoms with Crippen LogP contribution in [-0.4, -0.2) is 66.2 Å². The van der Waals surface area contributed by atoms with Crippen LogP contribution < -0.4 is 5.32 Å². The van der Waals surface area contributed by atoms with E-state index in [1.54, 1.807) is 6.82 Å². The second kappa shape index (κ2) is 7.42. The van der Waals surface area contributed by atoms with Crippen LogP contribution in [0.15, 0.2) is 29.7 Å². The number of benzene rings is 1. The van der Waals surface area contributed by atoms with E-state index in [0.29, 0.717) is 31.4 Å². The van der Waals surface area contributed by atoms with Crippen molar-refractivity contribution in [3.63, 3.8) is 0 Å². The molecular formula is C16H19BF2N4O3. The molecule has 2 heterocycles. The lowest BCUT2D eigenvalue weighted by Gasteiger charge is -2.45. The van der Waals surface area contributed by atoms with Crippen molar-refractivity contribution in [3.8, 4) is 0 Å². The maximum atomic E-state index is 13.3. The van der Waals surface area contributed by atoms with Crippen LogP contribution in [0.1, 0.15) is 0 Å². The van der Waals surface area contributed by atoms with Gasteiger partial charge in [0.15, 0.2) is 0 Å². The Kier molecular flexibility index (Phi) is 5.24. The molecule has 1 aromatic rings. The van der Waals surface area contributed by atoms with Crippen molar-refractivity contribution in [3.05, 3.63) is 41.3 Å². The molecular weight excluding hydrogens is 345 g/mol. The molecule has 0 bridgehead atoms. The van der Waals surface area contributed by atoms with Gasteiger partial charge in [-0.15, -0.1) is 0 Å². The third-order valence-corrected chi connectivity index (χ3v) is 4.47. The quantitative estimate of drug-likeness (QED) is 0.546. The fourth-order valence-corrected chi connectivity index (χ4v) is 3.21. The lowest BCUT2D eigenvalue weighted by Crippen LogP contribution is -2.59. The molecule has 1 aromatic carbocycles. The van der Waals surface area contributed by atoms with Gasteiger partial charge in [0.05, 0.1) is 6.04 Å². The van der Waals surface area contributed by atoms with Crippen molar-refractivity contribution in [1.29, 1.82) is 5.41 Å². The second-order valence-electron chi connectivity index (χ2n) is 6.26. The highest BCUT2D eigenvalue weighted by molar-refractivity contribution is 6.45. The summed E-state index contributed by atoms with van der Waals surface area (Å²) in [5.74, 6) is -2.35. The zero-order chi connectivity index (χ0) is 18.8. The average Bonchev–Trinajstić information content (AvgIpc) is 2.59. The monoisotopic (exact) mass is 364 g/mol. The molecule has 1 atom stereocenters. The van der Waals surface area contributed by atoms with Gasteiger partial charge in [0.25, 0.3) is 5.91 Å². The molecule has 138 valence electrons. The Morgan fingerprint density at radius 1 is 1.38 bits per heavy atom. The molecule has 2 aliphatic rings. The summed E-state index contributed by atoms with van der Waals surface area (Å²) in [4.78, 5) is 16.3. The van der Waals surface area contributed by atoms with Gasteiger partial charge in [-0.05, 0) is 19.0 Å². The van der Waals surface area contributed by atoms with Crippen LogP contribution in [0.4, 0.5) is 14.5 Å². The Balaban J connectivity index is 1.80. The summed E-state index contributed by atoms with van der Waals surface area (Å²) >= 11 is 0. The molecule has 1 amide bonds. The molecule has 0 saturated carbocycles. The number of hydrogen-bond donors (Lipinski definition) is 3. The minimum absolute atomic E-state index is 0.0334. The third kappa shape index (κ3) is 3.70. The summed E-state index contributed by atoms with van der Waals surface area (Å²) in [6.07, 6.45) is 1.03. The van der Waals surface area contributed by atoms with Gasteiger partial charge in [0.2, 0.25) is 5.76 Å². The number of rotatable bonds is 4. The van der Waals surface area contributed by atoms with Gasteiger partial charge in [-0.1, -0.05) is 0 Å². The van der Waals surface area contributed by atoms with Crippen molar-refractivity contribution < 1.29 is 23.3 Å². The van der Waals surface area contributed by atoms with Crippen molar-refractivity contribution in [1.82, 2.24) is 9.71 Å². The molecule has 3 N–H and O–H groups in total. The summed E-state index contributed by atoms with van der Waals surface area (Å²) in [6.45, 7) is 3.54. The van der Waals surface area contributed by atoms with E-state index in [1.807, 2.05) is 9.71 Å². The molecule has 1 fully saturated rings. The number of ether oxygens (including phenoxy) is 1. The molecule has 0 aliphatic carbocycles. The molecule has 0 aromatic heterocycles. The molecule has 0 spiro atoms. The molecule has 7 nitrogen and oxygen atoms in total. The zero-order valence-corrected chi connectivity index (χ0v) is 14.2. The number of carbonyl (C=O) groups excluding carboxylic acids is 1. The summed E-state index contributed by atoms with van der Waals surface area (Å²) in [5, 5.41) is 19.8. The molecule has 1 unspecified atom stereocenters. The van der Waals surface area contributed by atoms with Crippen LogP contribution in [0.3, 0.4) is 0 Å². The molecule has 26 heavy (non-hydrogen) atoms. The summed E-state index contributed by atoms with van der Waals surface area (Å²) < 4.78 is 32.1. The number of piperazine rings is 1. The Morgan fingerprint density at radius 3 is 2.69 bits per heavy atom. The van der Waals surface area contributed by atoms with Crippen molar-refractivity contribution in [2.45, 2.75) is 12.9 Å². The average molecular weight is 364 g/mol. The first-order chi connectivity index (χ1) is 12.4. The van der Waals surface area contributed by atoms with Crippen LogP contribution in [0.25, 0.3) is 0 Å². The Hall–Kier alpha value is -2.46. The van der Waals surface area contributed by atoms with E-state index in [9.17, 15) is 18.6 Å². The van der Waals surface area contributed by atoms with E-state index in [4.69, 9.17) is 10.1 Å². The summed E-state index contributed by atoms with van der Waals surface area (Å²) in [6, 6.07) is 2.61. The predicted molar refractivity (Wildman–Crippen MR) is 92.7 cm³/mol. The first-order valence-electron chi connectivity index (χ1n) is 8.23. The van der Waals surface area contributed by atoms with Gasteiger partial charge < -0.3 is 30.2 Å². The number of carbonyl (C=O) groups is 1. The van der Waals surface area contributed by atoms with Crippen LogP contribution in [0.2, 0.25) is 6.82 Å². The fourth-order valence-electron chi connectivity index (χ4n) is 3.21. The normalized spacial score (nSPS) is 20.3. The van der Waals surface area contributed by atoms with Crippen LogP contribution in [-0.2, 0) is 9.53 Å². The van der Waals surface area contributed by atoms with Crippen LogP contribution in [0, 0.1) is 17.0 Å². The fraction of sp³-hybridized carbons (Fsp3) is 0.375. The van der Waals surface area contributed by atoms with Gasteiger partial charge in [-0.2, -0.15) is 0 Å². The summed E-state index contributed by atoms with van der Waals surface area (Å²) in [5.41, 5.74) is 0.273. The Morgan fingerprint density at radius 2 is 2.08 bits per heavy atom. The van der Waals surface area contributed by atoms with E-state index < -0.39 is 24.6 Å². The van der Waals surface area contributed by atoms with Gasteiger partial charge in [0.1, 0.15) is 23.9 Å². The van der Waals surface area contributed by atoms with Crippen LogP contribution in [0.5, 0.6) is 0 Å². The smallest absolute Gasteiger partial charge is 0.376 e. The summed E-state index contributed by atoms with van der Waals surface area (Å²) in [7, 11) is -0.586. The van der Waals surface area contributed by atoms with Gasteiger partial charge >= 0.3 is 7.05 Å². The number of nitrogens with zero attached hydrogens (tertiary/aromatic N) is 2. The topological polar surface area (TPSA) is 88.9 Å². The van der Waals surface area contributed by atoms with Crippen molar-refractivity contribution >= 4 is 24.9 Å². The SMILES string of the molecule is CB(O)N1CCN2C(C=N)=C(C(=O)Nc3cc(F)cc(F)c3)OCC2C1. The van der Waals surface area contributed by atoms with Crippen molar-refractivity contribution in [2.24, 2.45) is 0 Å². The van der Waals surface area contributed by atoms with E-state index >= 15 is 0 Å². The molecule has 1 saturated heterocycles. The van der Waals surface area contributed by atoms with E-state index in [1.165, 1.54) is 0 Å². The number of allylic oxidation sites excluding steroid dienone is 1. The molecule has 0 radical (unpaired) electrons. The molecule has 2 aliphatic heterocycles. The number of amides is 1.